The van der Waals surface area contributed by atoms with Crippen molar-refractivity contribution in [3.63, 3.8) is 0 Å². The minimum Gasteiger partial charge on any atom is -0.497 e. The van der Waals surface area contributed by atoms with E-state index in [0.29, 0.717) is 28.3 Å². The van der Waals surface area contributed by atoms with Crippen LogP contribution in [0.5, 0.6) is 5.75 Å². The molecule has 1 aromatic heterocycles. The highest BCUT2D eigenvalue weighted by molar-refractivity contribution is 7.17. The van der Waals surface area contributed by atoms with Crippen molar-refractivity contribution in [1.29, 1.82) is 0 Å². The van der Waals surface area contributed by atoms with Gasteiger partial charge in [0.25, 0.3) is 0 Å². The summed E-state index contributed by atoms with van der Waals surface area (Å²) in [5.41, 5.74) is 2.56. The molecule has 4 nitrogen and oxygen atoms in total. The quantitative estimate of drug-likeness (QED) is 0.493. The SMILES string of the molecule is COc1ccc(CCC(=O)c2cc(CC(=O)O)c(-c3ccc(Cl)cc3)s2)cc1. The van der Waals surface area contributed by atoms with Gasteiger partial charge in [-0.25, -0.2) is 0 Å². The van der Waals surface area contributed by atoms with Gasteiger partial charge in [-0.05, 0) is 53.4 Å². The first-order chi connectivity index (χ1) is 13.5. The zero-order valence-corrected chi connectivity index (χ0v) is 16.8. The molecule has 0 aliphatic carbocycles. The molecule has 0 bridgehead atoms. The number of carboxylic acid groups (broad SMARTS) is 1. The molecule has 0 saturated heterocycles. The predicted molar refractivity (Wildman–Crippen MR) is 112 cm³/mol. The third-order valence-electron chi connectivity index (χ3n) is 4.33. The summed E-state index contributed by atoms with van der Waals surface area (Å²) in [5.74, 6) is -0.142. The van der Waals surface area contributed by atoms with Crippen LogP contribution in [-0.4, -0.2) is 24.0 Å². The molecule has 0 unspecified atom stereocenters. The lowest BCUT2D eigenvalue weighted by Gasteiger charge is -2.03. The molecule has 0 spiro atoms. The van der Waals surface area contributed by atoms with Gasteiger partial charge in [-0.2, -0.15) is 0 Å². The standard InChI is InChI=1S/C22H19ClO4S/c1-27-18-9-2-14(3-10-18)4-11-19(24)20-12-16(13-21(25)26)22(28-20)15-5-7-17(23)8-6-15/h2-3,5-10,12H,4,11,13H2,1H3,(H,25,26). The Balaban J connectivity index is 1.79. The number of halogens is 1. The number of aryl methyl sites for hydroxylation is 1. The molecule has 2 aromatic carbocycles. The molecule has 0 fully saturated rings. The molecule has 0 amide bonds. The summed E-state index contributed by atoms with van der Waals surface area (Å²) in [6.45, 7) is 0. The third-order valence-corrected chi connectivity index (χ3v) is 5.85. The lowest BCUT2D eigenvalue weighted by atomic mass is 10.0. The molecule has 0 aliphatic heterocycles. The van der Waals surface area contributed by atoms with Gasteiger partial charge in [-0.3, -0.25) is 9.59 Å². The monoisotopic (exact) mass is 414 g/mol. The number of Topliss-reactive ketones (excluding diaryl/α,β-unsaturated/α-hetero) is 1. The highest BCUT2D eigenvalue weighted by Crippen LogP contribution is 2.34. The molecular formula is C22H19ClO4S. The van der Waals surface area contributed by atoms with Crippen LogP contribution in [-0.2, 0) is 17.6 Å². The van der Waals surface area contributed by atoms with Crippen LogP contribution in [0.1, 0.15) is 27.2 Å². The van der Waals surface area contributed by atoms with E-state index in [1.807, 2.05) is 36.4 Å². The maximum Gasteiger partial charge on any atom is 0.307 e. The lowest BCUT2D eigenvalue weighted by molar-refractivity contribution is -0.136. The molecule has 0 saturated carbocycles. The Bertz CT molecular complexity index is 975. The number of ether oxygens (including phenoxy) is 1. The highest BCUT2D eigenvalue weighted by Gasteiger charge is 2.18. The maximum absolute atomic E-state index is 12.7. The zero-order valence-electron chi connectivity index (χ0n) is 15.3. The van der Waals surface area contributed by atoms with Crippen LogP contribution < -0.4 is 4.74 Å². The first kappa shape index (κ1) is 20.1. The van der Waals surface area contributed by atoms with E-state index >= 15 is 0 Å². The maximum atomic E-state index is 12.7. The number of carboxylic acids is 1. The fourth-order valence-electron chi connectivity index (χ4n) is 2.88. The number of aliphatic carboxylic acids is 1. The van der Waals surface area contributed by atoms with Gasteiger partial charge in [-0.15, -0.1) is 11.3 Å². The number of ketones is 1. The Morgan fingerprint density at radius 3 is 2.36 bits per heavy atom. The molecule has 3 aromatic rings. The van der Waals surface area contributed by atoms with Crippen molar-refractivity contribution in [2.45, 2.75) is 19.3 Å². The van der Waals surface area contributed by atoms with Crippen LogP contribution in [0.4, 0.5) is 0 Å². The normalized spacial score (nSPS) is 10.6. The number of hydrogen-bond donors (Lipinski definition) is 1. The molecule has 1 N–H and O–H groups in total. The van der Waals surface area contributed by atoms with E-state index in [-0.39, 0.29) is 12.2 Å². The third kappa shape index (κ3) is 5.00. The summed E-state index contributed by atoms with van der Waals surface area (Å²) in [7, 11) is 1.61. The van der Waals surface area contributed by atoms with Crippen molar-refractivity contribution >= 4 is 34.7 Å². The molecule has 1 heterocycles. The molecular weight excluding hydrogens is 396 g/mol. The van der Waals surface area contributed by atoms with Crippen molar-refractivity contribution in [1.82, 2.24) is 0 Å². The van der Waals surface area contributed by atoms with Crippen molar-refractivity contribution in [2.75, 3.05) is 7.11 Å². The average molecular weight is 415 g/mol. The average Bonchev–Trinajstić information content (AvgIpc) is 3.10. The van der Waals surface area contributed by atoms with Gasteiger partial charge in [0.2, 0.25) is 0 Å². The van der Waals surface area contributed by atoms with Gasteiger partial charge in [-0.1, -0.05) is 35.9 Å². The number of benzene rings is 2. The van der Waals surface area contributed by atoms with E-state index in [1.54, 1.807) is 25.3 Å². The van der Waals surface area contributed by atoms with Gasteiger partial charge in [0.15, 0.2) is 5.78 Å². The van der Waals surface area contributed by atoms with Gasteiger partial charge in [0.1, 0.15) is 5.75 Å². The van der Waals surface area contributed by atoms with Gasteiger partial charge in [0, 0.05) is 16.3 Å². The molecule has 0 atom stereocenters. The predicted octanol–water partition coefficient (Wildman–Crippen LogP) is 5.52. The summed E-state index contributed by atoms with van der Waals surface area (Å²) in [4.78, 5) is 25.3. The summed E-state index contributed by atoms with van der Waals surface area (Å²) in [5, 5.41) is 9.82. The summed E-state index contributed by atoms with van der Waals surface area (Å²) < 4.78 is 5.14. The Kier molecular flexibility index (Phi) is 6.49. The number of rotatable bonds is 8. The second kappa shape index (κ2) is 9.04. The van der Waals surface area contributed by atoms with E-state index in [2.05, 4.69) is 0 Å². The van der Waals surface area contributed by atoms with E-state index in [0.717, 1.165) is 21.8 Å². The van der Waals surface area contributed by atoms with Crippen LogP contribution in [0.25, 0.3) is 10.4 Å². The van der Waals surface area contributed by atoms with Crippen molar-refractivity contribution in [3.8, 4) is 16.2 Å². The van der Waals surface area contributed by atoms with Crippen LogP contribution >= 0.6 is 22.9 Å². The number of hydrogen-bond acceptors (Lipinski definition) is 4. The van der Waals surface area contributed by atoms with Crippen LogP contribution in [0.2, 0.25) is 5.02 Å². The van der Waals surface area contributed by atoms with Gasteiger partial charge in [0.05, 0.1) is 18.4 Å². The van der Waals surface area contributed by atoms with E-state index in [9.17, 15) is 14.7 Å². The Morgan fingerprint density at radius 2 is 1.75 bits per heavy atom. The summed E-state index contributed by atoms with van der Waals surface area (Å²) in [6, 6.07) is 16.5. The van der Waals surface area contributed by atoms with Crippen molar-refractivity contribution in [3.05, 3.63) is 75.6 Å². The number of carbonyl (C=O) groups excluding carboxylic acids is 1. The second-order valence-electron chi connectivity index (χ2n) is 6.31. The largest absolute Gasteiger partial charge is 0.497 e. The van der Waals surface area contributed by atoms with E-state index < -0.39 is 5.97 Å². The molecule has 28 heavy (non-hydrogen) atoms. The van der Waals surface area contributed by atoms with E-state index in [4.69, 9.17) is 16.3 Å². The summed E-state index contributed by atoms with van der Waals surface area (Å²) >= 11 is 7.28. The van der Waals surface area contributed by atoms with Gasteiger partial charge < -0.3 is 9.84 Å². The fraction of sp³-hybridized carbons (Fsp3) is 0.182. The topological polar surface area (TPSA) is 63.6 Å². The first-order valence-corrected chi connectivity index (χ1v) is 9.92. The molecule has 0 aliphatic rings. The van der Waals surface area contributed by atoms with Crippen molar-refractivity contribution in [2.24, 2.45) is 0 Å². The summed E-state index contributed by atoms with van der Waals surface area (Å²) in [6.07, 6.45) is 0.852. The molecule has 3 rings (SSSR count). The minimum absolute atomic E-state index is 0.00710. The van der Waals surface area contributed by atoms with Crippen LogP contribution in [0.15, 0.2) is 54.6 Å². The van der Waals surface area contributed by atoms with E-state index in [1.165, 1.54) is 11.3 Å². The Labute approximate surface area is 172 Å². The molecule has 144 valence electrons. The fourth-order valence-corrected chi connectivity index (χ4v) is 4.16. The molecule has 0 radical (unpaired) electrons. The lowest BCUT2D eigenvalue weighted by Crippen LogP contribution is -2.01. The van der Waals surface area contributed by atoms with Crippen LogP contribution in [0, 0.1) is 0 Å². The second-order valence-corrected chi connectivity index (χ2v) is 7.80. The number of methoxy groups -OCH3 is 1. The zero-order chi connectivity index (χ0) is 20.1. The smallest absolute Gasteiger partial charge is 0.307 e. The first-order valence-electron chi connectivity index (χ1n) is 8.73. The van der Waals surface area contributed by atoms with Crippen molar-refractivity contribution < 1.29 is 19.4 Å². The molecule has 6 heteroatoms. The minimum atomic E-state index is -0.926. The number of thiophene rings is 1. The Hall–Kier alpha value is -2.63. The highest BCUT2D eigenvalue weighted by atomic mass is 35.5. The number of carbonyl (C=O) groups is 2. The van der Waals surface area contributed by atoms with Gasteiger partial charge >= 0.3 is 5.97 Å². The Morgan fingerprint density at radius 1 is 1.07 bits per heavy atom. The van der Waals surface area contributed by atoms with Crippen LogP contribution in [0.3, 0.4) is 0 Å².